The van der Waals surface area contributed by atoms with Crippen LogP contribution in [0.25, 0.3) is 0 Å². The summed E-state index contributed by atoms with van der Waals surface area (Å²) in [5.41, 5.74) is 6.23. The summed E-state index contributed by atoms with van der Waals surface area (Å²) in [5.74, 6) is 1.23. The van der Waals surface area contributed by atoms with Crippen LogP contribution in [0.4, 0.5) is 0 Å². The van der Waals surface area contributed by atoms with E-state index in [2.05, 4.69) is 0 Å². The Bertz CT molecular complexity index is 416. The van der Waals surface area contributed by atoms with Crippen molar-refractivity contribution < 1.29 is 14.3 Å². The molecule has 100 valence electrons. The fourth-order valence-electron chi connectivity index (χ4n) is 1.88. The van der Waals surface area contributed by atoms with Crippen molar-refractivity contribution in [1.82, 2.24) is 0 Å². The van der Waals surface area contributed by atoms with Crippen LogP contribution in [0.5, 0.6) is 11.5 Å². The molecule has 0 aliphatic rings. The van der Waals surface area contributed by atoms with Crippen LogP contribution in [0.3, 0.4) is 0 Å². The molecule has 1 unspecified atom stereocenters. The lowest BCUT2D eigenvalue weighted by atomic mass is 9.87. The molecule has 0 fully saturated rings. The van der Waals surface area contributed by atoms with Crippen molar-refractivity contribution in [2.75, 3.05) is 20.8 Å². The Labute approximate surface area is 108 Å². The first-order chi connectivity index (χ1) is 8.54. The molecule has 0 aromatic heterocycles. The largest absolute Gasteiger partial charge is 0.497 e. The van der Waals surface area contributed by atoms with Gasteiger partial charge in [0.1, 0.15) is 11.5 Å². The minimum Gasteiger partial charge on any atom is -0.497 e. The molecule has 4 nitrogen and oxygen atoms in total. The van der Waals surface area contributed by atoms with Gasteiger partial charge in [-0.05, 0) is 18.1 Å². The van der Waals surface area contributed by atoms with Gasteiger partial charge in [0.05, 0.1) is 19.8 Å². The van der Waals surface area contributed by atoms with E-state index in [1.165, 1.54) is 0 Å². The fraction of sp³-hybridized carbons (Fsp3) is 0.500. The highest BCUT2D eigenvalue weighted by atomic mass is 16.5. The topological polar surface area (TPSA) is 61.5 Å². The minimum absolute atomic E-state index is 0.0204. The molecule has 0 heterocycles. The normalized spacial score (nSPS) is 12.3. The van der Waals surface area contributed by atoms with Gasteiger partial charge in [0.25, 0.3) is 0 Å². The minimum atomic E-state index is -0.188. The van der Waals surface area contributed by atoms with Gasteiger partial charge in [0.2, 0.25) is 0 Å². The number of ether oxygens (including phenoxy) is 2. The van der Waals surface area contributed by atoms with Gasteiger partial charge >= 0.3 is 0 Å². The lowest BCUT2D eigenvalue weighted by molar-refractivity contribution is 0.0889. The van der Waals surface area contributed by atoms with E-state index in [0.717, 1.165) is 0 Å². The first-order valence-corrected chi connectivity index (χ1v) is 6.01. The van der Waals surface area contributed by atoms with Crippen LogP contribution >= 0.6 is 0 Å². The van der Waals surface area contributed by atoms with Crippen molar-refractivity contribution in [2.45, 2.75) is 13.8 Å². The summed E-state index contributed by atoms with van der Waals surface area (Å²) in [6.07, 6.45) is 0. The second-order valence-corrected chi connectivity index (χ2v) is 4.52. The highest BCUT2D eigenvalue weighted by molar-refractivity contribution is 6.00. The maximum Gasteiger partial charge on any atom is 0.171 e. The van der Waals surface area contributed by atoms with E-state index >= 15 is 0 Å². The molecule has 2 N–H and O–H groups in total. The summed E-state index contributed by atoms with van der Waals surface area (Å²) in [6.45, 7) is 4.32. The van der Waals surface area contributed by atoms with E-state index in [0.29, 0.717) is 23.6 Å². The third-order valence-corrected chi connectivity index (χ3v) is 3.07. The van der Waals surface area contributed by atoms with E-state index in [4.69, 9.17) is 15.2 Å². The van der Waals surface area contributed by atoms with Gasteiger partial charge in [-0.25, -0.2) is 0 Å². The van der Waals surface area contributed by atoms with Gasteiger partial charge in [-0.15, -0.1) is 0 Å². The van der Waals surface area contributed by atoms with Crippen LogP contribution in [0.15, 0.2) is 18.2 Å². The van der Waals surface area contributed by atoms with E-state index in [-0.39, 0.29) is 17.6 Å². The third-order valence-electron chi connectivity index (χ3n) is 3.07. The molecular weight excluding hydrogens is 230 g/mol. The molecule has 0 aliphatic heterocycles. The summed E-state index contributed by atoms with van der Waals surface area (Å²) < 4.78 is 10.4. The number of carbonyl (C=O) groups is 1. The summed E-state index contributed by atoms with van der Waals surface area (Å²) in [5, 5.41) is 0. The molecule has 0 saturated carbocycles. The fourth-order valence-corrected chi connectivity index (χ4v) is 1.88. The third kappa shape index (κ3) is 3.01. The predicted octanol–water partition coefficient (Wildman–Crippen LogP) is 2.12. The lowest BCUT2D eigenvalue weighted by Gasteiger charge is -2.19. The van der Waals surface area contributed by atoms with Crippen molar-refractivity contribution in [2.24, 2.45) is 17.6 Å². The average molecular weight is 251 g/mol. The summed E-state index contributed by atoms with van der Waals surface area (Å²) in [4.78, 5) is 12.4. The van der Waals surface area contributed by atoms with E-state index in [1.54, 1.807) is 32.4 Å². The maximum atomic E-state index is 12.4. The molecule has 1 rings (SSSR count). The Balaban J connectivity index is 3.12. The summed E-state index contributed by atoms with van der Waals surface area (Å²) in [6, 6.07) is 5.19. The SMILES string of the molecule is COc1ccc(C(=O)C(CN)C(C)C)c(OC)c1. The molecule has 0 saturated heterocycles. The Morgan fingerprint density at radius 2 is 1.94 bits per heavy atom. The van der Waals surface area contributed by atoms with Crippen LogP contribution < -0.4 is 15.2 Å². The second-order valence-electron chi connectivity index (χ2n) is 4.52. The molecule has 4 heteroatoms. The van der Waals surface area contributed by atoms with Crippen LogP contribution in [0.2, 0.25) is 0 Å². The zero-order valence-corrected chi connectivity index (χ0v) is 11.4. The molecule has 0 bridgehead atoms. The molecule has 0 aliphatic carbocycles. The Hall–Kier alpha value is -1.55. The number of hydrogen-bond acceptors (Lipinski definition) is 4. The number of benzene rings is 1. The molecular formula is C14H21NO3. The number of nitrogens with two attached hydrogens (primary N) is 1. The Kier molecular flexibility index (Phi) is 5.16. The van der Waals surface area contributed by atoms with Gasteiger partial charge in [-0.2, -0.15) is 0 Å². The number of carbonyl (C=O) groups excluding carboxylic acids is 1. The average Bonchev–Trinajstić information content (AvgIpc) is 2.38. The monoisotopic (exact) mass is 251 g/mol. The van der Waals surface area contributed by atoms with Gasteiger partial charge in [-0.3, -0.25) is 4.79 Å². The number of hydrogen-bond donors (Lipinski definition) is 1. The van der Waals surface area contributed by atoms with E-state index < -0.39 is 0 Å². The van der Waals surface area contributed by atoms with Gasteiger partial charge in [-0.1, -0.05) is 13.8 Å². The Morgan fingerprint density at radius 1 is 1.28 bits per heavy atom. The molecule has 18 heavy (non-hydrogen) atoms. The van der Waals surface area contributed by atoms with Crippen molar-refractivity contribution in [3.05, 3.63) is 23.8 Å². The van der Waals surface area contributed by atoms with Crippen molar-refractivity contribution >= 4 is 5.78 Å². The van der Waals surface area contributed by atoms with Crippen LogP contribution in [0.1, 0.15) is 24.2 Å². The second kappa shape index (κ2) is 6.40. The molecule has 0 amide bonds. The first-order valence-electron chi connectivity index (χ1n) is 6.01. The van der Waals surface area contributed by atoms with Gasteiger partial charge in [0, 0.05) is 18.5 Å². The molecule has 1 aromatic carbocycles. The number of rotatable bonds is 6. The number of ketones is 1. The van der Waals surface area contributed by atoms with Crippen LogP contribution in [-0.4, -0.2) is 26.5 Å². The van der Waals surface area contributed by atoms with Crippen molar-refractivity contribution in [3.63, 3.8) is 0 Å². The zero-order valence-electron chi connectivity index (χ0n) is 11.4. The zero-order chi connectivity index (χ0) is 13.7. The van der Waals surface area contributed by atoms with E-state index in [9.17, 15) is 4.79 Å². The Morgan fingerprint density at radius 3 is 2.39 bits per heavy atom. The molecule has 1 atom stereocenters. The van der Waals surface area contributed by atoms with Crippen LogP contribution in [0, 0.1) is 11.8 Å². The number of methoxy groups -OCH3 is 2. The smallest absolute Gasteiger partial charge is 0.171 e. The highest BCUT2D eigenvalue weighted by Gasteiger charge is 2.24. The highest BCUT2D eigenvalue weighted by Crippen LogP contribution is 2.28. The first kappa shape index (κ1) is 14.5. The van der Waals surface area contributed by atoms with Crippen LogP contribution in [-0.2, 0) is 0 Å². The van der Waals surface area contributed by atoms with Gasteiger partial charge in [0.15, 0.2) is 5.78 Å². The number of Topliss-reactive ketones (excluding diaryl/α,β-unsaturated/α-hetero) is 1. The van der Waals surface area contributed by atoms with Crippen molar-refractivity contribution in [3.8, 4) is 11.5 Å². The van der Waals surface area contributed by atoms with E-state index in [1.807, 2.05) is 13.8 Å². The molecule has 0 spiro atoms. The lowest BCUT2D eigenvalue weighted by Crippen LogP contribution is -2.28. The quantitative estimate of drug-likeness (QED) is 0.787. The summed E-state index contributed by atoms with van der Waals surface area (Å²) >= 11 is 0. The standard InChI is InChI=1S/C14H21NO3/c1-9(2)12(8-15)14(16)11-6-5-10(17-3)7-13(11)18-4/h5-7,9,12H,8,15H2,1-4H3. The molecule has 0 radical (unpaired) electrons. The van der Waals surface area contributed by atoms with Crippen molar-refractivity contribution in [1.29, 1.82) is 0 Å². The predicted molar refractivity (Wildman–Crippen MR) is 71.3 cm³/mol. The summed E-state index contributed by atoms with van der Waals surface area (Å²) in [7, 11) is 3.12. The van der Waals surface area contributed by atoms with Gasteiger partial charge < -0.3 is 15.2 Å². The molecule has 1 aromatic rings. The maximum absolute atomic E-state index is 12.4.